The lowest BCUT2D eigenvalue weighted by molar-refractivity contribution is -0.385. The summed E-state index contributed by atoms with van der Waals surface area (Å²) in [4.78, 5) is 32.2. The van der Waals surface area contributed by atoms with Gasteiger partial charge in [-0.05, 0) is 24.5 Å². The van der Waals surface area contributed by atoms with Gasteiger partial charge in [0.1, 0.15) is 12.0 Å². The number of pyridine rings is 1. The van der Waals surface area contributed by atoms with E-state index in [-0.39, 0.29) is 11.6 Å². The molecule has 0 spiro atoms. The van der Waals surface area contributed by atoms with Crippen LogP contribution in [0.5, 0.6) is 0 Å². The number of carbonyl (C=O) groups excluding carboxylic acids is 1. The molecular weight excluding hydrogens is 372 g/mol. The third-order valence-electron chi connectivity index (χ3n) is 5.92. The number of piperazine rings is 1. The molecule has 0 N–H and O–H groups in total. The second-order valence-corrected chi connectivity index (χ2v) is 7.47. The first kappa shape index (κ1) is 19.3. The fourth-order valence-corrected chi connectivity index (χ4v) is 4.22. The van der Waals surface area contributed by atoms with Gasteiger partial charge in [0.15, 0.2) is 0 Å². The molecule has 152 valence electrons. The summed E-state index contributed by atoms with van der Waals surface area (Å²) in [7, 11) is 0. The number of hydrogen-bond acceptors (Lipinski definition) is 6. The third kappa shape index (κ3) is 3.80. The lowest BCUT2D eigenvalue weighted by Crippen LogP contribution is -2.56. The maximum Gasteiger partial charge on any atom is 0.287 e. The van der Waals surface area contributed by atoms with Crippen molar-refractivity contribution in [1.82, 2.24) is 9.88 Å². The molecule has 0 unspecified atom stereocenters. The van der Waals surface area contributed by atoms with Crippen molar-refractivity contribution in [3.63, 3.8) is 0 Å². The molecule has 2 aliphatic heterocycles. The number of benzene rings is 1. The van der Waals surface area contributed by atoms with Gasteiger partial charge in [0.25, 0.3) is 5.69 Å². The zero-order valence-corrected chi connectivity index (χ0v) is 16.2. The van der Waals surface area contributed by atoms with Crippen molar-refractivity contribution in [3.05, 3.63) is 64.3 Å². The van der Waals surface area contributed by atoms with Crippen LogP contribution in [-0.2, 0) is 14.9 Å². The molecule has 29 heavy (non-hydrogen) atoms. The van der Waals surface area contributed by atoms with E-state index in [0.29, 0.717) is 58.1 Å². The Morgan fingerprint density at radius 3 is 2.31 bits per heavy atom. The largest absolute Gasteiger partial charge is 0.381 e. The molecule has 2 aliphatic rings. The average Bonchev–Trinajstić information content (AvgIpc) is 2.80. The highest BCUT2D eigenvalue weighted by molar-refractivity contribution is 5.88. The summed E-state index contributed by atoms with van der Waals surface area (Å²) in [6.07, 6.45) is 2.67. The minimum Gasteiger partial charge on any atom is -0.381 e. The highest BCUT2D eigenvalue weighted by Crippen LogP contribution is 2.37. The summed E-state index contributed by atoms with van der Waals surface area (Å²) in [5, 5.41) is 10.8. The summed E-state index contributed by atoms with van der Waals surface area (Å²) in [5.74, 6) is 0.870. The standard InChI is InChI=1S/C21H24N4O4/c26-20(21(8-14-29-15-9-21)17-4-2-1-3-5-17)24-12-10-23(11-13-24)19-7-6-18(16-22-19)25(27)28/h1-7,16H,8-15H2. The third-order valence-corrected chi connectivity index (χ3v) is 5.92. The number of rotatable bonds is 4. The van der Waals surface area contributed by atoms with Crippen molar-refractivity contribution in [1.29, 1.82) is 0 Å². The molecule has 8 nitrogen and oxygen atoms in total. The van der Waals surface area contributed by atoms with E-state index in [4.69, 9.17) is 4.74 Å². The Balaban J connectivity index is 1.47. The van der Waals surface area contributed by atoms with Gasteiger partial charge in [0.05, 0.1) is 10.3 Å². The van der Waals surface area contributed by atoms with Crippen LogP contribution in [0.1, 0.15) is 18.4 Å². The van der Waals surface area contributed by atoms with Gasteiger partial charge in [-0.2, -0.15) is 0 Å². The summed E-state index contributed by atoms with van der Waals surface area (Å²) in [5.41, 5.74) is 0.521. The van der Waals surface area contributed by atoms with Crippen molar-refractivity contribution in [2.75, 3.05) is 44.3 Å². The van der Waals surface area contributed by atoms with Crippen LogP contribution in [0.25, 0.3) is 0 Å². The van der Waals surface area contributed by atoms with Gasteiger partial charge in [-0.15, -0.1) is 0 Å². The van der Waals surface area contributed by atoms with Gasteiger partial charge in [0.2, 0.25) is 5.91 Å². The van der Waals surface area contributed by atoms with Gasteiger partial charge < -0.3 is 14.5 Å². The molecule has 0 saturated carbocycles. The topological polar surface area (TPSA) is 88.8 Å². The van der Waals surface area contributed by atoms with E-state index in [1.165, 1.54) is 12.3 Å². The van der Waals surface area contributed by atoms with E-state index < -0.39 is 10.3 Å². The molecule has 1 amide bonds. The number of aromatic nitrogens is 1. The van der Waals surface area contributed by atoms with E-state index in [2.05, 4.69) is 9.88 Å². The van der Waals surface area contributed by atoms with Crippen molar-refractivity contribution in [2.24, 2.45) is 0 Å². The highest BCUT2D eigenvalue weighted by atomic mass is 16.6. The SMILES string of the molecule is O=C(N1CCN(c2ccc([N+](=O)[O-])cn2)CC1)C1(c2ccccc2)CCOCC1. The van der Waals surface area contributed by atoms with Crippen LogP contribution in [0.4, 0.5) is 11.5 Å². The van der Waals surface area contributed by atoms with Crippen molar-refractivity contribution < 1.29 is 14.5 Å². The molecule has 2 saturated heterocycles. The quantitative estimate of drug-likeness (QED) is 0.582. The Hall–Kier alpha value is -3.00. The molecular formula is C21H24N4O4. The molecule has 2 fully saturated rings. The second kappa shape index (κ2) is 8.16. The zero-order chi connectivity index (χ0) is 20.3. The number of anilines is 1. The molecule has 1 aromatic heterocycles. The summed E-state index contributed by atoms with van der Waals surface area (Å²) in [6.45, 7) is 3.69. The Morgan fingerprint density at radius 2 is 1.72 bits per heavy atom. The van der Waals surface area contributed by atoms with Gasteiger partial charge in [-0.1, -0.05) is 30.3 Å². The predicted molar refractivity (Wildman–Crippen MR) is 108 cm³/mol. The summed E-state index contributed by atoms with van der Waals surface area (Å²) < 4.78 is 5.55. The Morgan fingerprint density at radius 1 is 1.03 bits per heavy atom. The number of carbonyl (C=O) groups is 1. The highest BCUT2D eigenvalue weighted by Gasteiger charge is 2.44. The molecule has 0 atom stereocenters. The second-order valence-electron chi connectivity index (χ2n) is 7.47. The van der Waals surface area contributed by atoms with Crippen LogP contribution < -0.4 is 4.90 Å². The molecule has 8 heteroatoms. The number of nitrogens with zero attached hydrogens (tertiary/aromatic N) is 4. The van der Waals surface area contributed by atoms with Gasteiger partial charge in [0, 0.05) is 45.5 Å². The maximum atomic E-state index is 13.6. The Labute approximate surface area is 169 Å². The smallest absolute Gasteiger partial charge is 0.287 e. The van der Waals surface area contributed by atoms with Crippen LogP contribution in [0.2, 0.25) is 0 Å². The summed E-state index contributed by atoms with van der Waals surface area (Å²) >= 11 is 0. The van der Waals surface area contributed by atoms with E-state index >= 15 is 0 Å². The fourth-order valence-electron chi connectivity index (χ4n) is 4.22. The normalized spacial score (nSPS) is 19.0. The minimum atomic E-state index is -0.521. The number of nitro groups is 1. The van der Waals surface area contributed by atoms with Crippen LogP contribution in [0, 0.1) is 10.1 Å². The molecule has 0 aliphatic carbocycles. The van der Waals surface area contributed by atoms with Crippen molar-refractivity contribution >= 4 is 17.4 Å². The fraction of sp³-hybridized carbons (Fsp3) is 0.429. The molecule has 3 heterocycles. The molecule has 2 aromatic rings. The lowest BCUT2D eigenvalue weighted by Gasteiger charge is -2.43. The first-order valence-electron chi connectivity index (χ1n) is 9.88. The minimum absolute atomic E-state index is 0.0214. The van der Waals surface area contributed by atoms with Crippen LogP contribution in [0.3, 0.4) is 0 Å². The lowest BCUT2D eigenvalue weighted by atomic mass is 9.73. The van der Waals surface area contributed by atoms with E-state index in [1.807, 2.05) is 35.2 Å². The van der Waals surface area contributed by atoms with Gasteiger partial charge >= 0.3 is 0 Å². The molecule has 4 rings (SSSR count). The Bertz CT molecular complexity index is 858. The molecule has 1 aromatic carbocycles. The molecule has 0 bridgehead atoms. The first-order chi connectivity index (χ1) is 14.1. The van der Waals surface area contributed by atoms with Gasteiger partial charge in [-0.25, -0.2) is 4.98 Å². The Kier molecular flexibility index (Phi) is 5.44. The monoisotopic (exact) mass is 396 g/mol. The number of hydrogen-bond donors (Lipinski definition) is 0. The molecule has 0 radical (unpaired) electrons. The van der Waals surface area contributed by atoms with E-state index in [1.54, 1.807) is 6.07 Å². The number of amides is 1. The first-order valence-corrected chi connectivity index (χ1v) is 9.88. The van der Waals surface area contributed by atoms with Crippen molar-refractivity contribution in [2.45, 2.75) is 18.3 Å². The van der Waals surface area contributed by atoms with E-state index in [9.17, 15) is 14.9 Å². The zero-order valence-electron chi connectivity index (χ0n) is 16.2. The number of ether oxygens (including phenoxy) is 1. The predicted octanol–water partition coefficient (Wildman–Crippen LogP) is 2.39. The van der Waals surface area contributed by atoms with Crippen LogP contribution >= 0.6 is 0 Å². The van der Waals surface area contributed by atoms with E-state index in [0.717, 1.165) is 5.56 Å². The van der Waals surface area contributed by atoms with Crippen molar-refractivity contribution in [3.8, 4) is 0 Å². The van der Waals surface area contributed by atoms with Gasteiger partial charge in [-0.3, -0.25) is 14.9 Å². The van der Waals surface area contributed by atoms with Crippen LogP contribution in [0.15, 0.2) is 48.7 Å². The van der Waals surface area contributed by atoms with Crippen LogP contribution in [-0.4, -0.2) is 60.1 Å². The summed E-state index contributed by atoms with van der Waals surface area (Å²) in [6, 6.07) is 13.2. The maximum absolute atomic E-state index is 13.6. The average molecular weight is 396 g/mol.